The average molecular weight is 340 g/mol. The van der Waals surface area contributed by atoms with Crippen molar-refractivity contribution in [2.24, 2.45) is 0 Å². The molecular formula is C20H20O5. The summed E-state index contributed by atoms with van der Waals surface area (Å²) in [4.78, 5) is 24.3. The highest BCUT2D eigenvalue weighted by molar-refractivity contribution is 5.92. The number of hydrogen-bond donors (Lipinski definition) is 0. The molecule has 25 heavy (non-hydrogen) atoms. The van der Waals surface area contributed by atoms with Crippen molar-refractivity contribution >= 4 is 11.9 Å². The highest BCUT2D eigenvalue weighted by atomic mass is 16.6. The first-order valence-corrected chi connectivity index (χ1v) is 8.29. The first kappa shape index (κ1) is 17.2. The molecule has 0 bridgehead atoms. The van der Waals surface area contributed by atoms with Gasteiger partial charge in [0, 0.05) is 6.61 Å². The van der Waals surface area contributed by atoms with Crippen LogP contribution in [0.5, 0.6) is 5.75 Å². The molecule has 1 heterocycles. The molecule has 5 heteroatoms. The van der Waals surface area contributed by atoms with Gasteiger partial charge in [-0.15, -0.1) is 0 Å². The third kappa shape index (κ3) is 4.67. The fourth-order valence-corrected chi connectivity index (χ4v) is 2.57. The number of carbonyl (C=O) groups is 2. The Kier molecular flexibility index (Phi) is 5.46. The lowest BCUT2D eigenvalue weighted by atomic mass is 10.1. The van der Waals surface area contributed by atoms with Gasteiger partial charge in [0.25, 0.3) is 0 Å². The van der Waals surface area contributed by atoms with E-state index in [-0.39, 0.29) is 12.7 Å². The van der Waals surface area contributed by atoms with Crippen molar-refractivity contribution in [1.29, 1.82) is 0 Å². The van der Waals surface area contributed by atoms with Crippen LogP contribution < -0.4 is 4.74 Å². The predicted molar refractivity (Wildman–Crippen MR) is 91.8 cm³/mol. The molecular weight excluding hydrogens is 320 g/mol. The Morgan fingerprint density at radius 2 is 1.88 bits per heavy atom. The number of carbonyl (C=O) groups excluding carboxylic acids is 2. The number of benzene rings is 2. The molecule has 1 aliphatic rings. The Balaban J connectivity index is 1.61. The molecule has 1 aliphatic heterocycles. The van der Waals surface area contributed by atoms with Gasteiger partial charge in [-0.1, -0.05) is 23.8 Å². The Labute approximate surface area is 146 Å². The Morgan fingerprint density at radius 3 is 2.60 bits per heavy atom. The molecule has 5 nitrogen and oxygen atoms in total. The monoisotopic (exact) mass is 340 g/mol. The molecule has 0 N–H and O–H groups in total. The maximum Gasteiger partial charge on any atom is 0.343 e. The van der Waals surface area contributed by atoms with E-state index in [9.17, 15) is 9.59 Å². The quantitative estimate of drug-likeness (QED) is 0.615. The summed E-state index contributed by atoms with van der Waals surface area (Å²) in [5.74, 6) is -0.620. The predicted octanol–water partition coefficient (Wildman–Crippen LogP) is 3.55. The molecule has 1 saturated heterocycles. The van der Waals surface area contributed by atoms with E-state index in [1.54, 1.807) is 30.3 Å². The molecule has 3 rings (SSSR count). The fraction of sp³-hybridized carbons (Fsp3) is 0.300. The van der Waals surface area contributed by atoms with E-state index in [0.29, 0.717) is 23.5 Å². The van der Waals surface area contributed by atoms with Crippen molar-refractivity contribution in [2.75, 3.05) is 13.2 Å². The SMILES string of the molecule is Cc1ccc(C(=O)Oc2cccc(C(=O)OCC3CCCO3)c2)cc1. The van der Waals surface area contributed by atoms with Crippen LogP contribution in [0.2, 0.25) is 0 Å². The Hall–Kier alpha value is -2.66. The number of aryl methyl sites for hydroxylation is 1. The molecule has 0 aliphatic carbocycles. The molecule has 0 spiro atoms. The average Bonchev–Trinajstić information content (AvgIpc) is 3.14. The highest BCUT2D eigenvalue weighted by Gasteiger charge is 2.18. The van der Waals surface area contributed by atoms with Gasteiger partial charge in [0.15, 0.2) is 0 Å². The van der Waals surface area contributed by atoms with Crippen LogP contribution in [0.4, 0.5) is 0 Å². The summed E-state index contributed by atoms with van der Waals surface area (Å²) in [6, 6.07) is 13.5. The maximum atomic E-state index is 12.2. The van der Waals surface area contributed by atoms with E-state index < -0.39 is 11.9 Å². The zero-order valence-corrected chi connectivity index (χ0v) is 14.1. The van der Waals surface area contributed by atoms with Crippen molar-refractivity contribution < 1.29 is 23.8 Å². The van der Waals surface area contributed by atoms with E-state index in [1.807, 2.05) is 19.1 Å². The maximum absolute atomic E-state index is 12.2. The van der Waals surface area contributed by atoms with Crippen LogP contribution >= 0.6 is 0 Å². The largest absolute Gasteiger partial charge is 0.459 e. The summed E-state index contributed by atoms with van der Waals surface area (Å²) in [7, 11) is 0. The molecule has 1 fully saturated rings. The third-order valence-corrected chi connectivity index (χ3v) is 3.99. The van der Waals surface area contributed by atoms with E-state index in [0.717, 1.165) is 18.4 Å². The van der Waals surface area contributed by atoms with E-state index in [4.69, 9.17) is 14.2 Å². The normalized spacial score (nSPS) is 16.4. The number of ether oxygens (including phenoxy) is 3. The molecule has 1 unspecified atom stereocenters. The molecule has 130 valence electrons. The van der Waals surface area contributed by atoms with Gasteiger partial charge >= 0.3 is 11.9 Å². The van der Waals surface area contributed by atoms with Gasteiger partial charge in [-0.3, -0.25) is 0 Å². The Morgan fingerprint density at radius 1 is 1.08 bits per heavy atom. The second-order valence-corrected chi connectivity index (χ2v) is 6.02. The van der Waals surface area contributed by atoms with Crippen molar-refractivity contribution in [3.05, 3.63) is 65.2 Å². The Bertz CT molecular complexity index is 745. The van der Waals surface area contributed by atoms with Gasteiger partial charge in [-0.2, -0.15) is 0 Å². The van der Waals surface area contributed by atoms with Crippen LogP contribution in [-0.4, -0.2) is 31.3 Å². The van der Waals surface area contributed by atoms with Crippen molar-refractivity contribution in [3.63, 3.8) is 0 Å². The molecule has 2 aromatic rings. The molecule has 0 saturated carbocycles. The summed E-state index contributed by atoms with van der Waals surface area (Å²) in [5, 5.41) is 0. The van der Waals surface area contributed by atoms with Crippen molar-refractivity contribution in [3.8, 4) is 5.75 Å². The first-order chi connectivity index (χ1) is 12.1. The summed E-state index contributed by atoms with van der Waals surface area (Å²) < 4.78 is 16.0. The zero-order chi connectivity index (χ0) is 17.6. The minimum Gasteiger partial charge on any atom is -0.459 e. The standard InChI is InChI=1S/C20H20O5/c1-14-7-9-15(10-8-14)20(22)25-17-5-2-4-16(12-17)19(21)24-13-18-6-3-11-23-18/h2,4-5,7-10,12,18H,3,6,11,13H2,1H3. The summed E-state index contributed by atoms with van der Waals surface area (Å²) in [6.45, 7) is 2.90. The lowest BCUT2D eigenvalue weighted by Crippen LogP contribution is -2.18. The molecule has 0 radical (unpaired) electrons. The minimum atomic E-state index is -0.468. The molecule has 0 amide bonds. The lowest BCUT2D eigenvalue weighted by molar-refractivity contribution is 0.0161. The topological polar surface area (TPSA) is 61.8 Å². The van der Waals surface area contributed by atoms with Gasteiger partial charge in [-0.05, 0) is 50.1 Å². The molecule has 1 atom stereocenters. The minimum absolute atomic E-state index is 0.0218. The van der Waals surface area contributed by atoms with Crippen LogP contribution in [0.1, 0.15) is 39.1 Å². The third-order valence-electron chi connectivity index (χ3n) is 3.99. The van der Waals surface area contributed by atoms with Gasteiger partial charge < -0.3 is 14.2 Å². The smallest absolute Gasteiger partial charge is 0.343 e. The van der Waals surface area contributed by atoms with Crippen LogP contribution in [0, 0.1) is 6.92 Å². The zero-order valence-electron chi connectivity index (χ0n) is 14.1. The summed E-state index contributed by atoms with van der Waals surface area (Å²) in [6.07, 6.45) is 1.88. The highest BCUT2D eigenvalue weighted by Crippen LogP contribution is 2.18. The van der Waals surface area contributed by atoms with E-state index in [2.05, 4.69) is 0 Å². The van der Waals surface area contributed by atoms with Crippen LogP contribution in [0.15, 0.2) is 48.5 Å². The number of hydrogen-bond acceptors (Lipinski definition) is 5. The van der Waals surface area contributed by atoms with Gasteiger partial charge in [-0.25, -0.2) is 9.59 Å². The van der Waals surface area contributed by atoms with Crippen LogP contribution in [-0.2, 0) is 9.47 Å². The van der Waals surface area contributed by atoms with E-state index in [1.165, 1.54) is 6.07 Å². The van der Waals surface area contributed by atoms with Crippen LogP contribution in [0.25, 0.3) is 0 Å². The number of rotatable bonds is 5. The number of esters is 2. The molecule has 2 aromatic carbocycles. The first-order valence-electron chi connectivity index (χ1n) is 8.29. The molecule has 0 aromatic heterocycles. The second kappa shape index (κ2) is 7.94. The van der Waals surface area contributed by atoms with Crippen LogP contribution in [0.3, 0.4) is 0 Å². The second-order valence-electron chi connectivity index (χ2n) is 6.02. The van der Waals surface area contributed by atoms with Gasteiger partial charge in [0.05, 0.1) is 17.2 Å². The van der Waals surface area contributed by atoms with E-state index >= 15 is 0 Å². The van der Waals surface area contributed by atoms with Crippen molar-refractivity contribution in [1.82, 2.24) is 0 Å². The van der Waals surface area contributed by atoms with Crippen molar-refractivity contribution in [2.45, 2.75) is 25.9 Å². The van der Waals surface area contributed by atoms with Gasteiger partial charge in [0.2, 0.25) is 0 Å². The summed E-state index contributed by atoms with van der Waals surface area (Å²) >= 11 is 0. The fourth-order valence-electron chi connectivity index (χ4n) is 2.57. The summed E-state index contributed by atoms with van der Waals surface area (Å²) in [5.41, 5.74) is 1.86. The van der Waals surface area contributed by atoms with Gasteiger partial charge in [0.1, 0.15) is 12.4 Å². The lowest BCUT2D eigenvalue weighted by Gasteiger charge is -2.11.